The summed E-state index contributed by atoms with van der Waals surface area (Å²) in [5.41, 5.74) is 1.01. The normalized spacial score (nSPS) is 17.2. The Morgan fingerprint density at radius 1 is 0.565 bits per heavy atom. The fourth-order valence-corrected chi connectivity index (χ4v) is 2.61. The predicted octanol–water partition coefficient (Wildman–Crippen LogP) is 7.49. The minimum atomic E-state index is 0.173. The monoisotopic (exact) mass is 326 g/mol. The molecule has 0 amide bonds. The lowest BCUT2D eigenvalue weighted by Crippen LogP contribution is -2.42. The third kappa shape index (κ3) is 8.57. The molecular weight excluding hydrogens is 280 g/mol. The molecule has 0 spiro atoms. The maximum atomic E-state index is 6.85. The Morgan fingerprint density at radius 3 is 1.00 bits per heavy atom. The highest BCUT2D eigenvalue weighted by Crippen LogP contribution is 2.41. The quantitative estimate of drug-likeness (QED) is 0.449. The molecule has 23 heavy (non-hydrogen) atoms. The second-order valence-corrected chi connectivity index (χ2v) is 11.3. The Hall–Kier alpha value is -0.0400. The van der Waals surface area contributed by atoms with Gasteiger partial charge in [-0.2, -0.15) is 0 Å². The van der Waals surface area contributed by atoms with Crippen molar-refractivity contribution in [3.05, 3.63) is 0 Å². The highest BCUT2D eigenvalue weighted by atomic mass is 16.5. The van der Waals surface area contributed by atoms with Crippen LogP contribution in [0, 0.1) is 21.7 Å². The van der Waals surface area contributed by atoms with Crippen LogP contribution >= 0.6 is 0 Å². The van der Waals surface area contributed by atoms with E-state index in [-0.39, 0.29) is 10.8 Å². The lowest BCUT2D eigenvalue weighted by atomic mass is 9.74. The Kier molecular flexibility index (Phi) is 7.88. The predicted molar refractivity (Wildman–Crippen MR) is 105 cm³/mol. The molecule has 0 rings (SSSR count). The van der Waals surface area contributed by atoms with Gasteiger partial charge in [-0.1, -0.05) is 95.9 Å². The zero-order chi connectivity index (χ0) is 18.7. The summed E-state index contributed by atoms with van der Waals surface area (Å²) in [7, 11) is 0. The van der Waals surface area contributed by atoms with Crippen LogP contribution in [0.25, 0.3) is 0 Å². The molecule has 0 aromatic carbocycles. The van der Waals surface area contributed by atoms with Crippen LogP contribution in [0.1, 0.15) is 109 Å². The van der Waals surface area contributed by atoms with Gasteiger partial charge in [0, 0.05) is 0 Å². The molecule has 0 fully saturated rings. The summed E-state index contributed by atoms with van der Waals surface area (Å²) >= 11 is 0. The van der Waals surface area contributed by atoms with Crippen molar-refractivity contribution in [1.82, 2.24) is 0 Å². The van der Waals surface area contributed by atoms with Crippen molar-refractivity contribution in [2.24, 2.45) is 21.7 Å². The first kappa shape index (κ1) is 23.0. The molecule has 140 valence electrons. The molecule has 0 aliphatic carbocycles. The van der Waals surface area contributed by atoms with Gasteiger partial charge in [0.2, 0.25) is 0 Å². The summed E-state index contributed by atoms with van der Waals surface area (Å²) < 4.78 is 6.85. The van der Waals surface area contributed by atoms with Crippen molar-refractivity contribution in [3.63, 3.8) is 0 Å². The van der Waals surface area contributed by atoms with Crippen molar-refractivity contribution in [2.45, 2.75) is 121 Å². The minimum Gasteiger partial charge on any atom is -0.374 e. The van der Waals surface area contributed by atoms with Crippen LogP contribution in [0.3, 0.4) is 0 Å². The SMILES string of the molecule is CCC(C)(C)CC(OC(CC(C)(C)CC)C(C)(C)C)C(C)(C)C. The fraction of sp³-hybridized carbons (Fsp3) is 1.00. The standard InChI is InChI=1S/C22H46O/c1-13-21(9,10)15-17(19(3,4)5)23-18(20(6,7)8)16-22(11,12)14-2/h17-18H,13-16H2,1-12H3. The lowest BCUT2D eigenvalue weighted by Gasteiger charge is -2.44. The molecule has 2 atom stereocenters. The molecule has 0 aromatic rings. The third-order valence-corrected chi connectivity index (χ3v) is 5.65. The van der Waals surface area contributed by atoms with Crippen LogP contribution in [0.2, 0.25) is 0 Å². The molecule has 1 heteroatoms. The van der Waals surface area contributed by atoms with Gasteiger partial charge in [0.1, 0.15) is 0 Å². The van der Waals surface area contributed by atoms with E-state index in [1.807, 2.05) is 0 Å². The van der Waals surface area contributed by atoms with Gasteiger partial charge in [0.15, 0.2) is 0 Å². The second kappa shape index (κ2) is 7.89. The van der Waals surface area contributed by atoms with Gasteiger partial charge < -0.3 is 4.74 Å². The van der Waals surface area contributed by atoms with Gasteiger partial charge in [-0.15, -0.1) is 0 Å². The molecule has 0 aliphatic heterocycles. The van der Waals surface area contributed by atoms with Crippen molar-refractivity contribution < 1.29 is 4.74 Å². The van der Waals surface area contributed by atoms with Gasteiger partial charge in [-0.25, -0.2) is 0 Å². The van der Waals surface area contributed by atoms with E-state index in [1.54, 1.807) is 0 Å². The maximum absolute atomic E-state index is 6.85. The molecule has 0 radical (unpaired) electrons. The molecule has 2 unspecified atom stereocenters. The van der Waals surface area contributed by atoms with Crippen LogP contribution < -0.4 is 0 Å². The molecule has 0 saturated carbocycles. The van der Waals surface area contributed by atoms with E-state index in [1.165, 1.54) is 12.8 Å². The van der Waals surface area contributed by atoms with E-state index in [0.717, 1.165) is 12.8 Å². The molecule has 0 aliphatic rings. The second-order valence-electron chi connectivity index (χ2n) is 11.3. The van der Waals surface area contributed by atoms with Gasteiger partial charge in [-0.3, -0.25) is 0 Å². The average Bonchev–Trinajstić information content (AvgIpc) is 2.34. The average molecular weight is 327 g/mol. The lowest BCUT2D eigenvalue weighted by molar-refractivity contribution is -0.133. The number of ether oxygens (including phenoxy) is 1. The molecule has 0 N–H and O–H groups in total. The molecular formula is C22H46O. The Bertz CT molecular complexity index is 304. The molecule has 0 heterocycles. The van der Waals surface area contributed by atoms with E-state index in [2.05, 4.69) is 83.1 Å². The van der Waals surface area contributed by atoms with Gasteiger partial charge >= 0.3 is 0 Å². The molecule has 0 saturated heterocycles. The molecule has 1 nitrogen and oxygen atoms in total. The zero-order valence-electron chi connectivity index (χ0n) is 18.4. The Morgan fingerprint density at radius 2 is 0.826 bits per heavy atom. The largest absolute Gasteiger partial charge is 0.374 e. The summed E-state index contributed by atoms with van der Waals surface area (Å²) in [5, 5.41) is 0. The van der Waals surface area contributed by atoms with E-state index in [0.29, 0.717) is 23.0 Å². The van der Waals surface area contributed by atoms with Crippen molar-refractivity contribution in [2.75, 3.05) is 0 Å². The van der Waals surface area contributed by atoms with Crippen LogP contribution in [0.4, 0.5) is 0 Å². The first-order valence-corrected chi connectivity index (χ1v) is 9.69. The van der Waals surface area contributed by atoms with Crippen LogP contribution in [-0.4, -0.2) is 12.2 Å². The summed E-state index contributed by atoms with van der Waals surface area (Å²) in [6.45, 7) is 28.0. The summed E-state index contributed by atoms with van der Waals surface area (Å²) in [6, 6.07) is 0. The summed E-state index contributed by atoms with van der Waals surface area (Å²) in [6.07, 6.45) is 5.26. The van der Waals surface area contributed by atoms with Crippen molar-refractivity contribution in [1.29, 1.82) is 0 Å². The number of hydrogen-bond donors (Lipinski definition) is 0. The van der Waals surface area contributed by atoms with Gasteiger partial charge in [0.25, 0.3) is 0 Å². The summed E-state index contributed by atoms with van der Waals surface area (Å²) in [4.78, 5) is 0. The molecule has 0 bridgehead atoms. The zero-order valence-corrected chi connectivity index (χ0v) is 18.4. The third-order valence-electron chi connectivity index (χ3n) is 5.65. The first-order chi connectivity index (χ1) is 10.0. The van der Waals surface area contributed by atoms with Gasteiger partial charge in [0.05, 0.1) is 12.2 Å². The first-order valence-electron chi connectivity index (χ1n) is 9.69. The minimum absolute atomic E-state index is 0.173. The molecule has 0 aromatic heterocycles. The number of hydrogen-bond acceptors (Lipinski definition) is 1. The Labute approximate surface area is 148 Å². The fourth-order valence-electron chi connectivity index (χ4n) is 2.61. The summed E-state index contributed by atoms with van der Waals surface area (Å²) in [5.74, 6) is 0. The van der Waals surface area contributed by atoms with Crippen molar-refractivity contribution in [3.8, 4) is 0 Å². The van der Waals surface area contributed by atoms with Crippen LogP contribution in [0.5, 0.6) is 0 Å². The van der Waals surface area contributed by atoms with Crippen LogP contribution in [-0.2, 0) is 4.74 Å². The topological polar surface area (TPSA) is 9.23 Å². The highest BCUT2D eigenvalue weighted by Gasteiger charge is 2.38. The van der Waals surface area contributed by atoms with Crippen molar-refractivity contribution >= 4 is 0 Å². The smallest absolute Gasteiger partial charge is 0.0632 e. The van der Waals surface area contributed by atoms with Gasteiger partial charge in [-0.05, 0) is 34.5 Å². The highest BCUT2D eigenvalue weighted by molar-refractivity contribution is 4.87. The number of rotatable bonds is 8. The van der Waals surface area contributed by atoms with E-state index in [4.69, 9.17) is 4.74 Å². The maximum Gasteiger partial charge on any atom is 0.0632 e. The van der Waals surface area contributed by atoms with E-state index < -0.39 is 0 Å². The Balaban J connectivity index is 5.37. The van der Waals surface area contributed by atoms with Crippen LogP contribution in [0.15, 0.2) is 0 Å². The van der Waals surface area contributed by atoms with E-state index >= 15 is 0 Å². The van der Waals surface area contributed by atoms with E-state index in [9.17, 15) is 0 Å².